The maximum atomic E-state index is 11.5. The van der Waals surface area contributed by atoms with Gasteiger partial charge >= 0.3 is 5.97 Å². The molecule has 0 unspecified atom stereocenters. The molecule has 1 rings (SSSR count). The molecule has 1 aromatic rings. The van der Waals surface area contributed by atoms with Gasteiger partial charge in [0.1, 0.15) is 17.1 Å². The molecule has 0 aliphatic heterocycles. The summed E-state index contributed by atoms with van der Waals surface area (Å²) in [7, 11) is 0. The van der Waals surface area contributed by atoms with E-state index >= 15 is 0 Å². The quantitative estimate of drug-likeness (QED) is 0.781. The Kier molecular flexibility index (Phi) is 4.10. The lowest BCUT2D eigenvalue weighted by molar-refractivity contribution is -0.124. The van der Waals surface area contributed by atoms with E-state index < -0.39 is 5.97 Å². The second-order valence-corrected chi connectivity index (χ2v) is 3.36. The summed E-state index contributed by atoms with van der Waals surface area (Å²) in [6.45, 7) is 5.46. The lowest BCUT2D eigenvalue weighted by Crippen LogP contribution is -2.28. The highest BCUT2D eigenvalue weighted by molar-refractivity contribution is 5.92. The lowest BCUT2D eigenvalue weighted by Gasteiger charge is -2.03. The van der Waals surface area contributed by atoms with Gasteiger partial charge < -0.3 is 14.5 Å². The Balaban J connectivity index is 2.53. The number of hydrogen-bond donors (Lipinski definition) is 1. The van der Waals surface area contributed by atoms with E-state index in [0.29, 0.717) is 23.6 Å². The molecule has 1 N–H and O–H groups in total. The molecule has 0 saturated heterocycles. The SMILES string of the molecule is CCNC(=O)COC(=O)c1cc(C)oc1C. The molecule has 88 valence electrons. The molecule has 5 heteroatoms. The third-order valence-electron chi connectivity index (χ3n) is 1.97. The van der Waals surface area contributed by atoms with Gasteiger partial charge in [-0.3, -0.25) is 4.79 Å². The second-order valence-electron chi connectivity index (χ2n) is 3.36. The molecule has 0 aliphatic carbocycles. The monoisotopic (exact) mass is 225 g/mol. The molecule has 0 aromatic carbocycles. The molecule has 16 heavy (non-hydrogen) atoms. The first kappa shape index (κ1) is 12.3. The summed E-state index contributed by atoms with van der Waals surface area (Å²) in [6.07, 6.45) is 0. The van der Waals surface area contributed by atoms with Crippen molar-refractivity contribution in [3.63, 3.8) is 0 Å². The van der Waals surface area contributed by atoms with Gasteiger partial charge in [-0.15, -0.1) is 0 Å². The second kappa shape index (κ2) is 5.34. The van der Waals surface area contributed by atoms with E-state index in [9.17, 15) is 9.59 Å². The fourth-order valence-corrected chi connectivity index (χ4v) is 1.29. The van der Waals surface area contributed by atoms with Crippen molar-refractivity contribution in [1.82, 2.24) is 5.32 Å². The lowest BCUT2D eigenvalue weighted by atomic mass is 10.2. The number of aryl methyl sites for hydroxylation is 2. The molecule has 1 aromatic heterocycles. The molecule has 0 saturated carbocycles. The van der Waals surface area contributed by atoms with Crippen LogP contribution in [0.1, 0.15) is 28.8 Å². The van der Waals surface area contributed by atoms with E-state index in [1.54, 1.807) is 26.8 Å². The Morgan fingerprint density at radius 3 is 2.62 bits per heavy atom. The number of nitrogens with one attached hydrogen (secondary N) is 1. The van der Waals surface area contributed by atoms with Crippen molar-refractivity contribution in [2.24, 2.45) is 0 Å². The average Bonchev–Trinajstić information content (AvgIpc) is 2.55. The summed E-state index contributed by atoms with van der Waals surface area (Å²) in [5, 5.41) is 2.53. The van der Waals surface area contributed by atoms with Crippen LogP contribution in [-0.4, -0.2) is 25.0 Å². The number of furan rings is 1. The van der Waals surface area contributed by atoms with Gasteiger partial charge in [0.05, 0.1) is 0 Å². The molecular formula is C11H15NO4. The predicted octanol–water partition coefficient (Wildman–Crippen LogP) is 1.19. The largest absolute Gasteiger partial charge is 0.466 e. The highest BCUT2D eigenvalue weighted by Crippen LogP contribution is 2.14. The van der Waals surface area contributed by atoms with Crippen LogP contribution in [0.5, 0.6) is 0 Å². The average molecular weight is 225 g/mol. The molecule has 1 amide bonds. The van der Waals surface area contributed by atoms with Crippen LogP contribution in [0.3, 0.4) is 0 Å². The number of esters is 1. The Hall–Kier alpha value is -1.78. The third-order valence-corrected chi connectivity index (χ3v) is 1.97. The van der Waals surface area contributed by atoms with Gasteiger partial charge in [-0.1, -0.05) is 0 Å². The Morgan fingerprint density at radius 1 is 1.44 bits per heavy atom. The zero-order valence-electron chi connectivity index (χ0n) is 9.62. The van der Waals surface area contributed by atoms with E-state index in [0.717, 1.165) is 0 Å². The first-order chi connectivity index (χ1) is 7.54. The van der Waals surface area contributed by atoms with Gasteiger partial charge in [0.2, 0.25) is 0 Å². The van der Waals surface area contributed by atoms with Gasteiger partial charge in [-0.05, 0) is 26.8 Å². The van der Waals surface area contributed by atoms with E-state index in [4.69, 9.17) is 9.15 Å². The van der Waals surface area contributed by atoms with E-state index in [1.165, 1.54) is 0 Å². The number of ether oxygens (including phenoxy) is 1. The molecule has 5 nitrogen and oxygen atoms in total. The summed E-state index contributed by atoms with van der Waals surface area (Å²) in [5.41, 5.74) is 0.363. The van der Waals surface area contributed by atoms with E-state index in [2.05, 4.69) is 5.32 Å². The van der Waals surface area contributed by atoms with Crippen molar-refractivity contribution in [2.75, 3.05) is 13.2 Å². The number of rotatable bonds is 4. The highest BCUT2D eigenvalue weighted by atomic mass is 16.5. The van der Waals surface area contributed by atoms with Crippen molar-refractivity contribution in [1.29, 1.82) is 0 Å². The van der Waals surface area contributed by atoms with E-state index in [-0.39, 0.29) is 12.5 Å². The Bertz CT molecular complexity index is 395. The standard InChI is InChI=1S/C11H15NO4/c1-4-12-10(13)6-15-11(14)9-5-7(2)16-8(9)3/h5H,4,6H2,1-3H3,(H,12,13). The van der Waals surface area contributed by atoms with E-state index in [1.807, 2.05) is 0 Å². The van der Waals surface area contributed by atoms with Gasteiger partial charge in [-0.25, -0.2) is 4.79 Å². The summed E-state index contributed by atoms with van der Waals surface area (Å²) in [4.78, 5) is 22.6. The van der Waals surface area contributed by atoms with Crippen LogP contribution in [0, 0.1) is 13.8 Å². The zero-order chi connectivity index (χ0) is 12.1. The van der Waals surface area contributed by atoms with Crippen LogP contribution in [0.4, 0.5) is 0 Å². The first-order valence-corrected chi connectivity index (χ1v) is 5.05. The van der Waals surface area contributed by atoms with Crippen molar-refractivity contribution < 1.29 is 18.7 Å². The molecule has 0 fully saturated rings. The molecule has 0 atom stereocenters. The highest BCUT2D eigenvalue weighted by Gasteiger charge is 2.15. The Morgan fingerprint density at radius 2 is 2.12 bits per heavy atom. The summed E-state index contributed by atoms with van der Waals surface area (Å²) >= 11 is 0. The maximum absolute atomic E-state index is 11.5. The first-order valence-electron chi connectivity index (χ1n) is 5.05. The molecular weight excluding hydrogens is 210 g/mol. The van der Waals surface area contributed by atoms with Crippen LogP contribution in [0.25, 0.3) is 0 Å². The predicted molar refractivity (Wildman–Crippen MR) is 57.1 cm³/mol. The van der Waals surface area contributed by atoms with Gasteiger partial charge in [-0.2, -0.15) is 0 Å². The van der Waals surface area contributed by atoms with Gasteiger partial charge in [0.25, 0.3) is 5.91 Å². The zero-order valence-corrected chi connectivity index (χ0v) is 9.62. The van der Waals surface area contributed by atoms with Crippen molar-refractivity contribution in [3.05, 3.63) is 23.2 Å². The minimum Gasteiger partial charge on any atom is -0.466 e. The third kappa shape index (κ3) is 3.12. The maximum Gasteiger partial charge on any atom is 0.342 e. The molecule has 0 spiro atoms. The summed E-state index contributed by atoms with van der Waals surface area (Å²) in [6, 6.07) is 1.59. The van der Waals surface area contributed by atoms with Crippen molar-refractivity contribution >= 4 is 11.9 Å². The molecule has 0 aliphatic rings. The van der Waals surface area contributed by atoms with Crippen LogP contribution < -0.4 is 5.32 Å². The van der Waals surface area contributed by atoms with Crippen LogP contribution >= 0.6 is 0 Å². The Labute approximate surface area is 93.8 Å². The molecule has 0 radical (unpaired) electrons. The van der Waals surface area contributed by atoms with Gasteiger partial charge in [0, 0.05) is 6.54 Å². The minimum atomic E-state index is -0.541. The summed E-state index contributed by atoms with van der Waals surface area (Å²) in [5.74, 6) is 0.287. The molecule has 0 bridgehead atoms. The van der Waals surface area contributed by atoms with Crippen LogP contribution in [0.15, 0.2) is 10.5 Å². The summed E-state index contributed by atoms with van der Waals surface area (Å²) < 4.78 is 10.0. The van der Waals surface area contributed by atoms with Crippen molar-refractivity contribution in [2.45, 2.75) is 20.8 Å². The normalized spacial score (nSPS) is 9.94. The van der Waals surface area contributed by atoms with Gasteiger partial charge in [0.15, 0.2) is 6.61 Å². The smallest absolute Gasteiger partial charge is 0.342 e. The number of hydrogen-bond acceptors (Lipinski definition) is 4. The number of carbonyl (C=O) groups is 2. The minimum absolute atomic E-state index is 0.268. The number of amides is 1. The van der Waals surface area contributed by atoms with Crippen LogP contribution in [-0.2, 0) is 9.53 Å². The fraction of sp³-hybridized carbons (Fsp3) is 0.455. The van der Waals surface area contributed by atoms with Crippen LogP contribution in [0.2, 0.25) is 0 Å². The van der Waals surface area contributed by atoms with Crippen molar-refractivity contribution in [3.8, 4) is 0 Å². The molecule has 1 heterocycles. The topological polar surface area (TPSA) is 68.5 Å². The number of likely N-dealkylation sites (N-methyl/N-ethyl adjacent to an activating group) is 1. The fourth-order valence-electron chi connectivity index (χ4n) is 1.29. The number of carbonyl (C=O) groups excluding carboxylic acids is 2.